The highest BCUT2D eigenvalue weighted by Crippen LogP contribution is 2.46. The van der Waals surface area contributed by atoms with Gasteiger partial charge < -0.3 is 14.0 Å². The maximum atomic E-state index is 13.8. The zero-order chi connectivity index (χ0) is 28.6. The number of H-pyrrole nitrogens is 1. The van der Waals surface area contributed by atoms with E-state index in [0.29, 0.717) is 5.56 Å². The molecule has 0 spiro atoms. The number of nitrogens with one attached hydrogen (secondary N) is 2. The smallest absolute Gasteiger partial charge is 0.459 e. The van der Waals surface area contributed by atoms with Crippen LogP contribution in [0.3, 0.4) is 0 Å². The van der Waals surface area contributed by atoms with Gasteiger partial charge in [-0.15, -0.1) is 6.42 Å². The maximum absolute atomic E-state index is 13.8. The van der Waals surface area contributed by atoms with Crippen LogP contribution in [-0.2, 0) is 23.4 Å². The van der Waals surface area contributed by atoms with Crippen LogP contribution in [0.5, 0.6) is 5.75 Å². The molecule has 39 heavy (non-hydrogen) atoms. The number of aromatic amines is 1. The summed E-state index contributed by atoms with van der Waals surface area (Å²) >= 11 is 0. The van der Waals surface area contributed by atoms with E-state index in [1.165, 1.54) is 29.8 Å². The van der Waals surface area contributed by atoms with Crippen molar-refractivity contribution in [2.24, 2.45) is 5.92 Å². The maximum Gasteiger partial charge on any atom is 0.459 e. The predicted octanol–water partition coefficient (Wildman–Crippen LogP) is 3.46. The summed E-state index contributed by atoms with van der Waals surface area (Å²) in [5.41, 5.74) is -2.42. The second kappa shape index (κ2) is 13.1. The van der Waals surface area contributed by atoms with Gasteiger partial charge in [0.2, 0.25) is 0 Å². The van der Waals surface area contributed by atoms with E-state index in [9.17, 15) is 18.9 Å². The van der Waals surface area contributed by atoms with Gasteiger partial charge >= 0.3 is 19.4 Å². The van der Waals surface area contributed by atoms with Crippen molar-refractivity contribution in [3.05, 3.63) is 75.1 Å². The number of terminal acetylenes is 1. The fourth-order valence-electron chi connectivity index (χ4n) is 3.69. The van der Waals surface area contributed by atoms with Crippen molar-refractivity contribution >= 4 is 13.7 Å². The topological polar surface area (TPSA) is 138 Å². The lowest BCUT2D eigenvalue weighted by Gasteiger charge is -2.28. The van der Waals surface area contributed by atoms with Crippen LogP contribution < -0.4 is 20.9 Å². The van der Waals surface area contributed by atoms with Crippen molar-refractivity contribution < 1.29 is 27.9 Å². The third-order valence-corrected chi connectivity index (χ3v) is 7.89. The first-order valence-electron chi connectivity index (χ1n) is 12.6. The highest BCUT2D eigenvalue weighted by atomic mass is 31.2. The number of nitrogens with zero attached hydrogens (tertiary/aromatic N) is 1. The van der Waals surface area contributed by atoms with Crippen LogP contribution in [-0.4, -0.2) is 40.4 Å². The number of esters is 1. The summed E-state index contributed by atoms with van der Waals surface area (Å²) in [7, 11) is -4.21. The number of aromatic nitrogens is 2. The van der Waals surface area contributed by atoms with Gasteiger partial charge in [-0.05, 0) is 44.1 Å². The Morgan fingerprint density at radius 3 is 2.62 bits per heavy atom. The Hall–Kier alpha value is -3.42. The molecule has 12 heteroatoms. The van der Waals surface area contributed by atoms with Crippen molar-refractivity contribution in [1.82, 2.24) is 14.6 Å². The van der Waals surface area contributed by atoms with Crippen LogP contribution in [0, 0.1) is 25.2 Å². The first kappa shape index (κ1) is 30.1. The van der Waals surface area contributed by atoms with Crippen LogP contribution in [0.25, 0.3) is 0 Å². The largest absolute Gasteiger partial charge is 0.464 e. The van der Waals surface area contributed by atoms with E-state index in [2.05, 4.69) is 16.0 Å². The van der Waals surface area contributed by atoms with Crippen LogP contribution >= 0.6 is 7.75 Å². The van der Waals surface area contributed by atoms with E-state index in [-0.39, 0.29) is 18.3 Å². The highest BCUT2D eigenvalue weighted by Gasteiger charge is 2.40. The Morgan fingerprint density at radius 1 is 1.28 bits per heavy atom. The molecule has 210 valence electrons. The number of hydrogen-bond acceptors (Lipinski definition) is 8. The van der Waals surface area contributed by atoms with Crippen LogP contribution in [0.15, 0.2) is 58.3 Å². The summed E-state index contributed by atoms with van der Waals surface area (Å²) in [6.07, 6.45) is 10.9. The molecule has 4 atom stereocenters. The summed E-state index contributed by atoms with van der Waals surface area (Å²) in [6, 6.07) is 7.26. The summed E-state index contributed by atoms with van der Waals surface area (Å²) in [6.45, 7) is 6.86. The zero-order valence-electron chi connectivity index (χ0n) is 22.4. The molecule has 0 saturated carbocycles. The third-order valence-electron chi connectivity index (χ3n) is 6.26. The molecule has 1 aliphatic heterocycles. The number of aryl methyl sites for hydroxylation is 1. The first-order chi connectivity index (χ1) is 18.5. The van der Waals surface area contributed by atoms with Gasteiger partial charge in [0, 0.05) is 11.8 Å². The van der Waals surface area contributed by atoms with Crippen molar-refractivity contribution in [2.45, 2.75) is 58.4 Å². The van der Waals surface area contributed by atoms with Gasteiger partial charge in [0.05, 0.1) is 6.61 Å². The van der Waals surface area contributed by atoms with E-state index in [1.807, 2.05) is 13.8 Å². The molecule has 0 radical (unpaired) electrons. The molecular weight excluding hydrogens is 525 g/mol. The number of carbonyl (C=O) groups is 1. The number of benzene rings is 1. The molecule has 1 aliphatic rings. The molecule has 0 bridgehead atoms. The molecule has 0 unspecified atom stereocenters. The van der Waals surface area contributed by atoms with E-state index in [1.54, 1.807) is 37.3 Å². The molecule has 0 saturated heterocycles. The zero-order valence-corrected chi connectivity index (χ0v) is 23.3. The van der Waals surface area contributed by atoms with E-state index in [0.717, 1.165) is 12.8 Å². The summed E-state index contributed by atoms with van der Waals surface area (Å²) in [5.74, 6) is 2.30. The van der Waals surface area contributed by atoms with E-state index >= 15 is 0 Å². The normalized spacial score (nSPS) is 20.8. The Morgan fingerprint density at radius 2 is 1.97 bits per heavy atom. The van der Waals surface area contributed by atoms with Gasteiger partial charge in [-0.25, -0.2) is 9.36 Å². The second-order valence-corrected chi connectivity index (χ2v) is 10.9. The lowest BCUT2D eigenvalue weighted by atomic mass is 10.1. The summed E-state index contributed by atoms with van der Waals surface area (Å²) < 4.78 is 37.7. The Bertz CT molecular complexity index is 1380. The standard InChI is InChI=1S/C27H34N3O8P/c1-6-21(7-2)17-35-25(32)20(5)29-39(34,38-22-12-10-9-11-13-22)36-18-27(8-3)15-14-23(37-27)30-16-19(4)24(31)28-26(30)33/h3,9-16,20-21,23H,6-7,17-18H2,1-2,4-5H3,(H,29,34)(H,28,31,33)/t20-,23+,27-,39+/m0/s1. The highest BCUT2D eigenvalue weighted by molar-refractivity contribution is 7.52. The molecule has 2 aromatic rings. The molecule has 0 amide bonds. The van der Waals surface area contributed by atoms with Gasteiger partial charge in [-0.1, -0.05) is 50.8 Å². The van der Waals surface area contributed by atoms with Gasteiger partial charge in [0.25, 0.3) is 5.56 Å². The molecule has 0 fully saturated rings. The van der Waals surface area contributed by atoms with Crippen molar-refractivity contribution in [2.75, 3.05) is 13.2 Å². The fourth-order valence-corrected chi connectivity index (χ4v) is 5.21. The lowest BCUT2D eigenvalue weighted by Crippen LogP contribution is -2.39. The molecule has 0 aliphatic carbocycles. The third kappa shape index (κ3) is 7.80. The average molecular weight is 560 g/mol. The summed E-state index contributed by atoms with van der Waals surface area (Å²) in [5, 5.41) is 2.63. The Balaban J connectivity index is 1.76. The molecule has 2 heterocycles. The molecule has 2 N–H and O–H groups in total. The van der Waals surface area contributed by atoms with Crippen molar-refractivity contribution in [3.63, 3.8) is 0 Å². The fraction of sp³-hybridized carbons (Fsp3) is 0.444. The van der Waals surface area contributed by atoms with Crippen LogP contribution in [0.2, 0.25) is 0 Å². The predicted molar refractivity (Wildman–Crippen MR) is 145 cm³/mol. The molecule has 3 rings (SSSR count). The minimum atomic E-state index is -4.21. The number of ether oxygens (including phenoxy) is 2. The molecule has 1 aromatic carbocycles. The Kier molecular flexibility index (Phi) is 10.1. The van der Waals surface area contributed by atoms with Crippen LogP contribution in [0.4, 0.5) is 0 Å². The summed E-state index contributed by atoms with van der Waals surface area (Å²) in [4.78, 5) is 38.9. The number of para-hydroxylation sites is 1. The molecule has 11 nitrogen and oxygen atoms in total. The van der Waals surface area contributed by atoms with Gasteiger partial charge in [0.15, 0.2) is 11.8 Å². The van der Waals surface area contributed by atoms with Crippen LogP contribution in [0.1, 0.15) is 45.4 Å². The van der Waals surface area contributed by atoms with E-state index < -0.39 is 49.4 Å². The second-order valence-electron chi connectivity index (χ2n) is 9.22. The quantitative estimate of drug-likeness (QED) is 0.164. The Labute approximate surface area is 227 Å². The van der Waals surface area contributed by atoms with Gasteiger partial charge in [-0.2, -0.15) is 5.09 Å². The minimum Gasteiger partial charge on any atom is -0.464 e. The average Bonchev–Trinajstić information content (AvgIpc) is 3.35. The SMILES string of the molecule is C#C[C@@]1(CO[P@](=O)(N[C@@H](C)C(=O)OCC(CC)CC)Oc2ccccc2)C=C[C@H](n2cc(C)c(=O)[nH]c2=O)O1. The monoisotopic (exact) mass is 559 g/mol. The molecular formula is C27H34N3O8P. The van der Waals surface area contributed by atoms with Crippen molar-refractivity contribution in [3.8, 4) is 18.1 Å². The number of rotatable bonds is 13. The van der Waals surface area contributed by atoms with E-state index in [4.69, 9.17) is 24.9 Å². The lowest BCUT2D eigenvalue weighted by molar-refractivity contribution is -0.146. The number of carbonyl (C=O) groups excluding carboxylic acids is 1. The number of hydrogen-bond donors (Lipinski definition) is 2. The van der Waals surface area contributed by atoms with Gasteiger partial charge in [0.1, 0.15) is 18.4 Å². The minimum absolute atomic E-state index is 0.221. The van der Waals surface area contributed by atoms with Crippen molar-refractivity contribution in [1.29, 1.82) is 0 Å². The first-order valence-corrected chi connectivity index (χ1v) is 14.2. The van der Waals surface area contributed by atoms with Gasteiger partial charge in [-0.3, -0.25) is 23.7 Å². The molecule has 1 aromatic heterocycles.